The lowest BCUT2D eigenvalue weighted by Crippen LogP contribution is -2.35. The van der Waals surface area contributed by atoms with E-state index in [1.165, 1.54) is 11.6 Å². The molecule has 160 valence electrons. The van der Waals surface area contributed by atoms with Crippen LogP contribution in [0.15, 0.2) is 43.0 Å². The molecule has 3 N–H and O–H groups in total. The van der Waals surface area contributed by atoms with Crippen LogP contribution in [-0.2, 0) is 11.3 Å². The van der Waals surface area contributed by atoms with E-state index in [0.29, 0.717) is 17.1 Å². The smallest absolute Gasteiger partial charge is 0.128 e. The second-order valence-electron chi connectivity index (χ2n) is 8.01. The molecule has 1 aliphatic rings. The molecule has 0 atom stereocenters. The molecule has 1 saturated heterocycles. The van der Waals surface area contributed by atoms with Crippen molar-refractivity contribution in [2.24, 2.45) is 0 Å². The van der Waals surface area contributed by atoms with E-state index in [1.807, 2.05) is 26.0 Å². The maximum atomic E-state index is 10.4. The summed E-state index contributed by atoms with van der Waals surface area (Å²) in [6, 6.07) is 11.2. The first-order valence-electron chi connectivity index (χ1n) is 10.3. The Morgan fingerprint density at radius 2 is 1.77 bits per heavy atom. The zero-order valence-electron chi connectivity index (χ0n) is 18.0. The summed E-state index contributed by atoms with van der Waals surface area (Å²) in [5, 5.41) is 28.9. The van der Waals surface area contributed by atoms with E-state index < -0.39 is 0 Å². The second kappa shape index (κ2) is 9.32. The Morgan fingerprint density at radius 3 is 2.33 bits per heavy atom. The van der Waals surface area contributed by atoms with Crippen LogP contribution in [0.1, 0.15) is 43.4 Å². The summed E-state index contributed by atoms with van der Waals surface area (Å²) in [6.45, 7) is 14.1. The van der Waals surface area contributed by atoms with Crippen molar-refractivity contribution in [1.82, 2.24) is 4.90 Å². The van der Waals surface area contributed by atoms with Gasteiger partial charge in [-0.3, -0.25) is 15.2 Å². The summed E-state index contributed by atoms with van der Waals surface area (Å²) < 4.78 is 5.41. The van der Waals surface area contributed by atoms with Crippen LogP contribution in [0.4, 0.5) is 5.69 Å². The van der Waals surface area contributed by atoms with Gasteiger partial charge in [0.1, 0.15) is 17.3 Å². The number of morpholine rings is 1. The highest BCUT2D eigenvalue weighted by Gasteiger charge is 2.20. The molecule has 30 heavy (non-hydrogen) atoms. The van der Waals surface area contributed by atoms with E-state index in [1.54, 1.807) is 17.9 Å². The molecular formula is C24H31N3O3. The van der Waals surface area contributed by atoms with E-state index >= 15 is 0 Å². The van der Waals surface area contributed by atoms with Gasteiger partial charge in [-0.1, -0.05) is 32.6 Å². The lowest BCUT2D eigenvalue weighted by Gasteiger charge is -2.28. The van der Waals surface area contributed by atoms with Crippen molar-refractivity contribution < 1.29 is 14.9 Å². The number of rotatable bonds is 6. The Bertz CT molecular complexity index is 916. The highest BCUT2D eigenvalue weighted by Crippen LogP contribution is 2.37. The maximum absolute atomic E-state index is 10.4. The first-order chi connectivity index (χ1) is 14.3. The standard InChI is InChI=1S/C24H31N3O3/c1-16(2)21-13-22(24(29)14-23(21)28)17(3)27(18(4)25)20-7-5-19(6-8-20)15-26-9-11-30-12-10-26/h5-8,13-14,16,25,28-29H,3,9-12,15H2,1-2,4H3. The fourth-order valence-electron chi connectivity index (χ4n) is 3.73. The van der Waals surface area contributed by atoms with Gasteiger partial charge in [-0.2, -0.15) is 0 Å². The highest BCUT2D eigenvalue weighted by atomic mass is 16.5. The van der Waals surface area contributed by atoms with Crippen molar-refractivity contribution in [1.29, 1.82) is 5.41 Å². The number of phenolic OH excluding ortho intramolecular Hbond substituents is 2. The number of hydrogen-bond donors (Lipinski definition) is 3. The number of hydrogen-bond acceptors (Lipinski definition) is 5. The molecule has 0 aliphatic carbocycles. The van der Waals surface area contributed by atoms with Crippen molar-refractivity contribution in [2.75, 3.05) is 31.2 Å². The molecular weight excluding hydrogens is 378 g/mol. The molecule has 1 fully saturated rings. The van der Waals surface area contributed by atoms with Crippen molar-refractivity contribution in [2.45, 2.75) is 33.2 Å². The first-order valence-corrected chi connectivity index (χ1v) is 10.3. The quantitative estimate of drug-likeness (QED) is 0.483. The van der Waals surface area contributed by atoms with Gasteiger partial charge in [-0.25, -0.2) is 0 Å². The molecule has 2 aromatic rings. The normalized spacial score (nSPS) is 14.7. The molecule has 6 heteroatoms. The van der Waals surface area contributed by atoms with Gasteiger partial charge >= 0.3 is 0 Å². The molecule has 0 radical (unpaired) electrons. The third kappa shape index (κ3) is 4.83. The Morgan fingerprint density at radius 1 is 1.13 bits per heavy atom. The lowest BCUT2D eigenvalue weighted by molar-refractivity contribution is 0.0342. The van der Waals surface area contributed by atoms with E-state index in [0.717, 1.165) is 44.1 Å². The molecule has 0 saturated carbocycles. The molecule has 3 rings (SSSR count). The zero-order chi connectivity index (χ0) is 21.8. The summed E-state index contributed by atoms with van der Waals surface area (Å²) in [5.74, 6) is 0.382. The minimum absolute atomic E-state index is 0.0583. The molecule has 6 nitrogen and oxygen atoms in total. The molecule has 1 aliphatic heterocycles. The van der Waals surface area contributed by atoms with Crippen LogP contribution in [0.25, 0.3) is 5.70 Å². The Labute approximate surface area is 178 Å². The minimum Gasteiger partial charge on any atom is -0.508 e. The molecule has 2 aromatic carbocycles. The van der Waals surface area contributed by atoms with Gasteiger partial charge in [0, 0.05) is 37.0 Å². The molecule has 0 spiro atoms. The zero-order valence-corrected chi connectivity index (χ0v) is 18.0. The van der Waals surface area contributed by atoms with Gasteiger partial charge in [0.05, 0.1) is 18.9 Å². The van der Waals surface area contributed by atoms with Crippen LogP contribution in [0.2, 0.25) is 0 Å². The van der Waals surface area contributed by atoms with Crippen LogP contribution in [0.3, 0.4) is 0 Å². The van der Waals surface area contributed by atoms with Crippen LogP contribution < -0.4 is 4.90 Å². The number of amidine groups is 1. The average molecular weight is 410 g/mol. The van der Waals surface area contributed by atoms with Crippen LogP contribution in [0.5, 0.6) is 11.5 Å². The molecule has 1 heterocycles. The molecule has 0 amide bonds. The van der Waals surface area contributed by atoms with Crippen molar-refractivity contribution in [3.63, 3.8) is 0 Å². The number of ether oxygens (including phenoxy) is 1. The van der Waals surface area contributed by atoms with Crippen LogP contribution >= 0.6 is 0 Å². The number of benzene rings is 2. The Balaban J connectivity index is 1.86. The number of nitrogens with zero attached hydrogens (tertiary/aromatic N) is 2. The summed E-state index contributed by atoms with van der Waals surface area (Å²) in [6.07, 6.45) is 0. The number of anilines is 1. The number of phenols is 2. The predicted molar refractivity (Wildman–Crippen MR) is 121 cm³/mol. The highest BCUT2D eigenvalue weighted by molar-refractivity contribution is 6.06. The van der Waals surface area contributed by atoms with Crippen molar-refractivity contribution in [3.05, 3.63) is 59.7 Å². The summed E-state index contributed by atoms with van der Waals surface area (Å²) in [5.41, 5.74) is 3.72. The number of nitrogens with one attached hydrogen (secondary N) is 1. The Hall–Kier alpha value is -2.83. The van der Waals surface area contributed by atoms with Gasteiger partial charge in [-0.15, -0.1) is 0 Å². The maximum Gasteiger partial charge on any atom is 0.128 e. The SMILES string of the molecule is C=C(c1cc(C(C)C)c(O)cc1O)N(C(C)=N)c1ccc(CN2CCOCC2)cc1. The van der Waals surface area contributed by atoms with Gasteiger partial charge in [-0.05, 0) is 42.2 Å². The van der Waals surface area contributed by atoms with Crippen LogP contribution in [0, 0.1) is 5.41 Å². The lowest BCUT2D eigenvalue weighted by atomic mass is 9.97. The van der Waals surface area contributed by atoms with Gasteiger partial charge in [0.2, 0.25) is 0 Å². The Kier molecular flexibility index (Phi) is 6.80. The largest absolute Gasteiger partial charge is 0.508 e. The van der Waals surface area contributed by atoms with E-state index in [4.69, 9.17) is 10.1 Å². The van der Waals surface area contributed by atoms with Crippen molar-refractivity contribution >= 4 is 17.2 Å². The summed E-state index contributed by atoms with van der Waals surface area (Å²) in [4.78, 5) is 4.06. The minimum atomic E-state index is -0.0583. The van der Waals surface area contributed by atoms with E-state index in [-0.39, 0.29) is 17.4 Å². The fraction of sp³-hybridized carbons (Fsp3) is 0.375. The second-order valence-corrected chi connectivity index (χ2v) is 8.01. The fourth-order valence-corrected chi connectivity index (χ4v) is 3.73. The van der Waals surface area contributed by atoms with Gasteiger partial charge < -0.3 is 14.9 Å². The summed E-state index contributed by atoms with van der Waals surface area (Å²) >= 11 is 0. The van der Waals surface area contributed by atoms with Gasteiger partial charge in [0.15, 0.2) is 0 Å². The third-order valence-electron chi connectivity index (χ3n) is 5.39. The molecule has 0 unspecified atom stereocenters. The molecule has 0 bridgehead atoms. The average Bonchev–Trinajstić information content (AvgIpc) is 2.69. The molecule has 0 aromatic heterocycles. The van der Waals surface area contributed by atoms with Gasteiger partial charge in [0.25, 0.3) is 0 Å². The topological polar surface area (TPSA) is 80.0 Å². The monoisotopic (exact) mass is 409 g/mol. The number of aromatic hydroxyl groups is 2. The van der Waals surface area contributed by atoms with Crippen LogP contribution in [-0.4, -0.2) is 47.3 Å². The first kappa shape index (κ1) is 21.9. The van der Waals surface area contributed by atoms with Crippen molar-refractivity contribution in [3.8, 4) is 11.5 Å². The van der Waals surface area contributed by atoms with E-state index in [2.05, 4.69) is 23.6 Å². The van der Waals surface area contributed by atoms with E-state index in [9.17, 15) is 10.2 Å². The predicted octanol–water partition coefficient (Wildman–Crippen LogP) is 4.53. The third-order valence-corrected chi connectivity index (χ3v) is 5.39. The summed E-state index contributed by atoms with van der Waals surface area (Å²) in [7, 11) is 0.